The molecule has 1 N–H and O–H groups in total. The van der Waals surface area contributed by atoms with Gasteiger partial charge >= 0.3 is 5.97 Å². The fraction of sp³-hybridized carbons (Fsp3) is 0.769. The van der Waals surface area contributed by atoms with Gasteiger partial charge in [0.2, 0.25) is 0 Å². The van der Waals surface area contributed by atoms with Gasteiger partial charge in [0.1, 0.15) is 11.6 Å². The maximum atomic E-state index is 11.6. The smallest absolute Gasteiger partial charge is 0.310 e. The molecule has 0 saturated heterocycles. The third kappa shape index (κ3) is 1.82. The number of fused-ring (bicyclic) bond motifs is 1. The summed E-state index contributed by atoms with van der Waals surface area (Å²) in [5.74, 6) is 1.26. The number of hydrogen-bond acceptors (Lipinski definition) is 3. The molecule has 3 rings (SSSR count). The molecule has 1 fully saturated rings. The molecule has 0 atom stereocenters. The van der Waals surface area contributed by atoms with Gasteiger partial charge in [0.05, 0.1) is 5.41 Å². The standard InChI is InChI=1S/C13H19N3O2/c17-12(18)13(6-2-1-3-7-13)9-11-15-14-10-5-4-8-16(10)11/h1-9H2,(H,17,18). The molecule has 18 heavy (non-hydrogen) atoms. The summed E-state index contributed by atoms with van der Waals surface area (Å²) in [5, 5.41) is 18.0. The minimum atomic E-state index is -0.655. The molecule has 0 bridgehead atoms. The van der Waals surface area contributed by atoms with Crippen molar-refractivity contribution in [3.63, 3.8) is 0 Å². The number of carbonyl (C=O) groups is 1. The zero-order valence-corrected chi connectivity index (χ0v) is 10.6. The van der Waals surface area contributed by atoms with E-state index in [9.17, 15) is 9.90 Å². The first kappa shape index (κ1) is 11.7. The molecule has 0 radical (unpaired) electrons. The molecule has 98 valence electrons. The second-order valence-corrected chi connectivity index (χ2v) is 5.61. The van der Waals surface area contributed by atoms with E-state index in [1.54, 1.807) is 0 Å². The number of hydrogen-bond donors (Lipinski definition) is 1. The van der Waals surface area contributed by atoms with E-state index in [1.165, 1.54) is 0 Å². The number of aliphatic carboxylic acids is 1. The quantitative estimate of drug-likeness (QED) is 0.887. The minimum absolute atomic E-state index is 0.551. The van der Waals surface area contributed by atoms with Crippen molar-refractivity contribution in [1.82, 2.24) is 14.8 Å². The Kier molecular flexibility index (Phi) is 2.84. The van der Waals surface area contributed by atoms with Crippen LogP contribution in [-0.4, -0.2) is 25.8 Å². The lowest BCUT2D eigenvalue weighted by Crippen LogP contribution is -2.36. The van der Waals surface area contributed by atoms with E-state index in [4.69, 9.17) is 0 Å². The van der Waals surface area contributed by atoms with Gasteiger partial charge in [-0.05, 0) is 19.3 Å². The predicted octanol–water partition coefficient (Wildman–Crippen LogP) is 1.80. The van der Waals surface area contributed by atoms with Crippen molar-refractivity contribution in [1.29, 1.82) is 0 Å². The van der Waals surface area contributed by atoms with Crippen LogP contribution in [0.5, 0.6) is 0 Å². The van der Waals surface area contributed by atoms with Crippen LogP contribution < -0.4 is 0 Å². The number of carboxylic acid groups (broad SMARTS) is 1. The topological polar surface area (TPSA) is 68.0 Å². The molecule has 1 aromatic heterocycles. The van der Waals surface area contributed by atoms with Crippen LogP contribution in [0.3, 0.4) is 0 Å². The van der Waals surface area contributed by atoms with Crippen LogP contribution >= 0.6 is 0 Å². The molecule has 1 saturated carbocycles. The van der Waals surface area contributed by atoms with Gasteiger partial charge in [-0.15, -0.1) is 10.2 Å². The van der Waals surface area contributed by atoms with Crippen LogP contribution in [0.1, 0.15) is 50.2 Å². The molecule has 0 spiro atoms. The molecule has 1 aliphatic heterocycles. The molecule has 2 aliphatic rings. The monoisotopic (exact) mass is 249 g/mol. The van der Waals surface area contributed by atoms with Gasteiger partial charge in [-0.1, -0.05) is 19.3 Å². The van der Waals surface area contributed by atoms with Crippen LogP contribution in [0.4, 0.5) is 0 Å². The van der Waals surface area contributed by atoms with Gasteiger partial charge in [-0.3, -0.25) is 4.79 Å². The Morgan fingerprint density at radius 3 is 2.72 bits per heavy atom. The number of aromatic nitrogens is 3. The molecule has 0 amide bonds. The lowest BCUT2D eigenvalue weighted by Gasteiger charge is -2.32. The Labute approximate surface area is 106 Å². The van der Waals surface area contributed by atoms with Gasteiger partial charge < -0.3 is 9.67 Å². The highest BCUT2D eigenvalue weighted by Crippen LogP contribution is 2.39. The third-order valence-corrected chi connectivity index (χ3v) is 4.45. The van der Waals surface area contributed by atoms with Crippen molar-refractivity contribution in [2.75, 3.05) is 0 Å². The Balaban J connectivity index is 1.86. The molecular formula is C13H19N3O2. The summed E-state index contributed by atoms with van der Waals surface area (Å²) in [7, 11) is 0. The van der Waals surface area contributed by atoms with E-state index in [0.29, 0.717) is 6.42 Å². The summed E-state index contributed by atoms with van der Waals surface area (Å²) in [5.41, 5.74) is -0.593. The molecular weight excluding hydrogens is 230 g/mol. The van der Waals surface area contributed by atoms with E-state index in [2.05, 4.69) is 14.8 Å². The van der Waals surface area contributed by atoms with Crippen molar-refractivity contribution >= 4 is 5.97 Å². The predicted molar refractivity (Wildman–Crippen MR) is 65.2 cm³/mol. The van der Waals surface area contributed by atoms with Crippen molar-refractivity contribution in [3.05, 3.63) is 11.6 Å². The molecule has 2 heterocycles. The number of aryl methyl sites for hydroxylation is 1. The van der Waals surface area contributed by atoms with Crippen molar-refractivity contribution < 1.29 is 9.90 Å². The second-order valence-electron chi connectivity index (χ2n) is 5.61. The minimum Gasteiger partial charge on any atom is -0.481 e. The molecule has 5 nitrogen and oxygen atoms in total. The van der Waals surface area contributed by atoms with E-state index in [0.717, 1.165) is 63.1 Å². The second kappa shape index (κ2) is 4.37. The average molecular weight is 249 g/mol. The van der Waals surface area contributed by atoms with E-state index in [-0.39, 0.29) is 0 Å². The van der Waals surface area contributed by atoms with Crippen molar-refractivity contribution in [2.24, 2.45) is 5.41 Å². The van der Waals surface area contributed by atoms with Crippen molar-refractivity contribution in [3.8, 4) is 0 Å². The summed E-state index contributed by atoms with van der Waals surface area (Å²) >= 11 is 0. The lowest BCUT2D eigenvalue weighted by atomic mass is 9.71. The molecule has 0 unspecified atom stereocenters. The highest BCUT2D eigenvalue weighted by molar-refractivity contribution is 5.75. The fourth-order valence-corrected chi connectivity index (χ4v) is 3.34. The summed E-state index contributed by atoms with van der Waals surface area (Å²) in [6.45, 7) is 0.952. The first-order chi connectivity index (χ1) is 8.71. The Bertz CT molecular complexity index is 461. The van der Waals surface area contributed by atoms with Crippen LogP contribution in [0.25, 0.3) is 0 Å². The maximum absolute atomic E-state index is 11.6. The first-order valence-electron chi connectivity index (χ1n) is 6.86. The molecule has 1 aromatic rings. The summed E-state index contributed by atoms with van der Waals surface area (Å²) in [6.07, 6.45) is 7.41. The van der Waals surface area contributed by atoms with Crippen LogP contribution in [0, 0.1) is 5.41 Å². The highest BCUT2D eigenvalue weighted by atomic mass is 16.4. The maximum Gasteiger partial charge on any atom is 0.310 e. The van der Waals surface area contributed by atoms with Crippen molar-refractivity contribution in [2.45, 2.75) is 57.9 Å². The van der Waals surface area contributed by atoms with E-state index < -0.39 is 11.4 Å². The van der Waals surface area contributed by atoms with Crippen LogP contribution in [0.2, 0.25) is 0 Å². The zero-order valence-electron chi connectivity index (χ0n) is 10.6. The van der Waals surface area contributed by atoms with Crippen LogP contribution in [-0.2, 0) is 24.2 Å². The molecule has 1 aliphatic carbocycles. The number of nitrogens with zero attached hydrogens (tertiary/aromatic N) is 3. The highest BCUT2D eigenvalue weighted by Gasteiger charge is 2.41. The number of rotatable bonds is 3. The largest absolute Gasteiger partial charge is 0.481 e. The molecule has 0 aromatic carbocycles. The first-order valence-corrected chi connectivity index (χ1v) is 6.86. The fourth-order valence-electron chi connectivity index (χ4n) is 3.34. The Morgan fingerprint density at radius 2 is 2.00 bits per heavy atom. The summed E-state index contributed by atoms with van der Waals surface area (Å²) in [4.78, 5) is 11.6. The normalized spacial score (nSPS) is 21.8. The molecule has 5 heteroatoms. The van der Waals surface area contributed by atoms with Gasteiger partial charge in [0, 0.05) is 19.4 Å². The summed E-state index contributed by atoms with van der Waals surface area (Å²) in [6, 6.07) is 0. The third-order valence-electron chi connectivity index (χ3n) is 4.45. The Morgan fingerprint density at radius 1 is 1.22 bits per heavy atom. The van der Waals surface area contributed by atoms with Gasteiger partial charge in [0.25, 0.3) is 0 Å². The lowest BCUT2D eigenvalue weighted by molar-refractivity contribution is -0.151. The van der Waals surface area contributed by atoms with E-state index >= 15 is 0 Å². The SMILES string of the molecule is O=C(O)C1(Cc2nnc3n2CCC3)CCCCC1. The van der Waals surface area contributed by atoms with Gasteiger partial charge in [-0.25, -0.2) is 0 Å². The van der Waals surface area contributed by atoms with Gasteiger partial charge in [-0.2, -0.15) is 0 Å². The Hall–Kier alpha value is -1.39. The van der Waals surface area contributed by atoms with E-state index in [1.807, 2.05) is 0 Å². The summed E-state index contributed by atoms with van der Waals surface area (Å²) < 4.78 is 2.12. The van der Waals surface area contributed by atoms with Crippen LogP contribution in [0.15, 0.2) is 0 Å². The number of carboxylic acids is 1. The zero-order chi connectivity index (χ0) is 12.6. The average Bonchev–Trinajstić information content (AvgIpc) is 2.95. The van der Waals surface area contributed by atoms with Gasteiger partial charge in [0.15, 0.2) is 0 Å².